The minimum absolute atomic E-state index is 0.116. The predicted molar refractivity (Wildman–Crippen MR) is 178 cm³/mol. The van der Waals surface area contributed by atoms with Crippen molar-refractivity contribution in [3.05, 3.63) is 84.4 Å². The smallest absolute Gasteiger partial charge is 0.410 e. The average Bonchev–Trinajstić information content (AvgIpc) is 3.87. The second kappa shape index (κ2) is 15.0. The molecule has 2 aliphatic heterocycles. The summed E-state index contributed by atoms with van der Waals surface area (Å²) in [5.74, 6) is 1.02. The van der Waals surface area contributed by atoms with E-state index in [1.807, 2.05) is 78.9 Å². The summed E-state index contributed by atoms with van der Waals surface area (Å²) in [6, 6.07) is 24.0. The van der Waals surface area contributed by atoms with Crippen molar-refractivity contribution in [2.45, 2.75) is 63.7 Å². The van der Waals surface area contributed by atoms with Crippen molar-refractivity contribution >= 4 is 35.1 Å². The van der Waals surface area contributed by atoms with Crippen LogP contribution in [0.25, 0.3) is 0 Å². The average molecular weight is 626 g/mol. The van der Waals surface area contributed by atoms with Gasteiger partial charge in [-0.2, -0.15) is 0 Å². The first-order valence-corrected chi connectivity index (χ1v) is 16.4. The number of hydrogen-bond acceptors (Lipinski definition) is 6. The zero-order valence-corrected chi connectivity index (χ0v) is 26.2. The van der Waals surface area contributed by atoms with Gasteiger partial charge < -0.3 is 30.3 Å². The van der Waals surface area contributed by atoms with Gasteiger partial charge in [0.1, 0.15) is 18.4 Å². The van der Waals surface area contributed by atoms with Gasteiger partial charge in [0.05, 0.1) is 6.10 Å². The maximum atomic E-state index is 13.0. The number of likely N-dealkylation sites (tertiary alicyclic amines) is 1. The molecule has 0 aromatic heterocycles. The summed E-state index contributed by atoms with van der Waals surface area (Å²) in [5, 5.41) is 8.86. The summed E-state index contributed by atoms with van der Waals surface area (Å²) in [7, 11) is 0. The summed E-state index contributed by atoms with van der Waals surface area (Å²) < 4.78 is 11.5. The van der Waals surface area contributed by atoms with Crippen LogP contribution in [0.3, 0.4) is 0 Å². The predicted octanol–water partition coefficient (Wildman–Crippen LogP) is 6.40. The van der Waals surface area contributed by atoms with Crippen molar-refractivity contribution in [3.63, 3.8) is 0 Å². The molecule has 10 heteroatoms. The van der Waals surface area contributed by atoms with E-state index >= 15 is 0 Å². The van der Waals surface area contributed by atoms with Crippen LogP contribution < -0.4 is 25.6 Å². The second-order valence-electron chi connectivity index (χ2n) is 12.4. The van der Waals surface area contributed by atoms with Crippen LogP contribution in [0.2, 0.25) is 0 Å². The molecule has 242 valence electrons. The number of amides is 4. The van der Waals surface area contributed by atoms with Gasteiger partial charge in [0.2, 0.25) is 5.91 Å². The fourth-order valence-electron chi connectivity index (χ4n) is 6.52. The Morgan fingerprint density at radius 3 is 2.17 bits per heavy atom. The molecule has 1 unspecified atom stereocenters. The lowest BCUT2D eigenvalue weighted by Gasteiger charge is -2.24. The number of urea groups is 1. The van der Waals surface area contributed by atoms with Crippen LogP contribution in [0.1, 0.15) is 50.5 Å². The SMILES string of the molecule is O=C(Nc1ccc(OC2CCCC2)cc1)Nc1ccc(N2CCC(CNC(=O)[C@H]3CCCN3C(=O)OCc3ccccc3)C2)cc1. The summed E-state index contributed by atoms with van der Waals surface area (Å²) in [6.45, 7) is 2.99. The van der Waals surface area contributed by atoms with E-state index in [4.69, 9.17) is 9.47 Å². The molecule has 3 fully saturated rings. The van der Waals surface area contributed by atoms with Gasteiger partial charge in [-0.05, 0) is 105 Å². The molecule has 2 saturated heterocycles. The number of ether oxygens (including phenoxy) is 2. The third kappa shape index (κ3) is 8.29. The molecule has 2 heterocycles. The van der Waals surface area contributed by atoms with E-state index in [0.29, 0.717) is 42.9 Å². The fourth-order valence-corrected chi connectivity index (χ4v) is 6.52. The molecule has 3 aliphatic rings. The Morgan fingerprint density at radius 2 is 1.46 bits per heavy atom. The zero-order chi connectivity index (χ0) is 31.7. The maximum absolute atomic E-state index is 13.0. The molecular formula is C36H43N5O5. The number of benzene rings is 3. The lowest BCUT2D eigenvalue weighted by Crippen LogP contribution is -2.47. The molecule has 0 radical (unpaired) electrons. The zero-order valence-electron chi connectivity index (χ0n) is 26.2. The number of nitrogens with one attached hydrogen (secondary N) is 3. The van der Waals surface area contributed by atoms with Crippen molar-refractivity contribution < 1.29 is 23.9 Å². The number of carbonyl (C=O) groups excluding carboxylic acids is 3. The van der Waals surface area contributed by atoms with Crippen LogP contribution in [0.15, 0.2) is 78.9 Å². The van der Waals surface area contributed by atoms with Gasteiger partial charge in [-0.3, -0.25) is 9.69 Å². The van der Waals surface area contributed by atoms with Gasteiger partial charge in [-0.25, -0.2) is 9.59 Å². The van der Waals surface area contributed by atoms with Crippen molar-refractivity contribution in [2.75, 3.05) is 41.7 Å². The van der Waals surface area contributed by atoms with E-state index in [9.17, 15) is 14.4 Å². The Labute approximate surface area is 270 Å². The maximum Gasteiger partial charge on any atom is 0.410 e. The van der Waals surface area contributed by atoms with Crippen molar-refractivity contribution in [1.82, 2.24) is 10.2 Å². The number of anilines is 3. The number of carbonyl (C=O) groups is 3. The van der Waals surface area contributed by atoms with Crippen LogP contribution in [-0.2, 0) is 16.1 Å². The van der Waals surface area contributed by atoms with Crippen molar-refractivity contribution in [1.29, 1.82) is 0 Å². The van der Waals surface area contributed by atoms with E-state index in [1.54, 1.807) is 4.90 Å². The van der Waals surface area contributed by atoms with Gasteiger partial charge in [0, 0.05) is 43.2 Å². The first-order chi connectivity index (χ1) is 22.5. The molecule has 3 aromatic rings. The number of nitrogens with zero attached hydrogens (tertiary/aromatic N) is 2. The van der Waals surface area contributed by atoms with E-state index in [2.05, 4.69) is 20.9 Å². The Morgan fingerprint density at radius 1 is 0.761 bits per heavy atom. The molecule has 0 bridgehead atoms. The highest BCUT2D eigenvalue weighted by atomic mass is 16.6. The Balaban J connectivity index is 0.912. The van der Waals surface area contributed by atoms with E-state index < -0.39 is 12.1 Å². The number of hydrogen-bond donors (Lipinski definition) is 3. The molecule has 4 amide bonds. The first-order valence-electron chi connectivity index (χ1n) is 16.4. The van der Waals surface area contributed by atoms with Crippen LogP contribution in [0.5, 0.6) is 5.75 Å². The molecule has 6 rings (SSSR count). The second-order valence-corrected chi connectivity index (χ2v) is 12.4. The molecule has 0 spiro atoms. The van der Waals surface area contributed by atoms with Crippen LogP contribution in [0.4, 0.5) is 26.7 Å². The summed E-state index contributed by atoms with van der Waals surface area (Å²) in [5.41, 5.74) is 3.39. The lowest BCUT2D eigenvalue weighted by molar-refractivity contribution is -0.125. The highest BCUT2D eigenvalue weighted by Crippen LogP contribution is 2.27. The van der Waals surface area contributed by atoms with Crippen LogP contribution >= 0.6 is 0 Å². The summed E-state index contributed by atoms with van der Waals surface area (Å²) in [4.78, 5) is 42.2. The molecule has 1 aliphatic carbocycles. The van der Waals surface area contributed by atoms with Gasteiger partial charge in [-0.15, -0.1) is 0 Å². The lowest BCUT2D eigenvalue weighted by atomic mass is 10.1. The normalized spacial score (nSPS) is 19.6. The third-order valence-corrected chi connectivity index (χ3v) is 9.05. The minimum Gasteiger partial charge on any atom is -0.490 e. The van der Waals surface area contributed by atoms with Gasteiger partial charge in [-0.1, -0.05) is 30.3 Å². The number of rotatable bonds is 10. The van der Waals surface area contributed by atoms with E-state index in [1.165, 1.54) is 12.8 Å². The van der Waals surface area contributed by atoms with E-state index in [-0.39, 0.29) is 18.5 Å². The molecule has 2 atom stereocenters. The monoisotopic (exact) mass is 625 g/mol. The Hall–Kier alpha value is -4.73. The standard InChI is InChI=1S/C36H43N5O5/c42-34(33-11-6-21-41(33)36(44)45-25-26-7-2-1-3-8-26)37-23-27-20-22-40(24-27)30-16-12-28(13-17-30)38-35(43)39-29-14-18-32(19-15-29)46-31-9-4-5-10-31/h1-3,7-8,12-19,27,31,33H,4-6,9-11,20-25H2,(H,37,42)(H2,38,39,43)/t27?,33-/m1/s1. The van der Waals surface area contributed by atoms with Crippen LogP contribution in [0, 0.1) is 5.92 Å². The Bertz CT molecular complexity index is 1460. The fraction of sp³-hybridized carbons (Fsp3) is 0.417. The Kier molecular flexibility index (Phi) is 10.2. The minimum atomic E-state index is -0.493. The first kappa shape index (κ1) is 31.3. The van der Waals surface area contributed by atoms with Gasteiger partial charge in [0.15, 0.2) is 0 Å². The van der Waals surface area contributed by atoms with Gasteiger partial charge in [0.25, 0.3) is 0 Å². The molecule has 46 heavy (non-hydrogen) atoms. The third-order valence-electron chi connectivity index (χ3n) is 9.05. The highest BCUT2D eigenvalue weighted by Gasteiger charge is 2.35. The molecule has 10 nitrogen and oxygen atoms in total. The highest BCUT2D eigenvalue weighted by molar-refractivity contribution is 5.99. The molecule has 1 saturated carbocycles. The summed E-state index contributed by atoms with van der Waals surface area (Å²) >= 11 is 0. The largest absolute Gasteiger partial charge is 0.490 e. The summed E-state index contributed by atoms with van der Waals surface area (Å²) in [6.07, 6.45) is 6.90. The quantitative estimate of drug-likeness (QED) is 0.241. The molecular weight excluding hydrogens is 582 g/mol. The van der Waals surface area contributed by atoms with E-state index in [0.717, 1.165) is 55.8 Å². The topological polar surface area (TPSA) is 112 Å². The van der Waals surface area contributed by atoms with Crippen molar-refractivity contribution in [3.8, 4) is 5.75 Å². The molecule has 3 aromatic carbocycles. The van der Waals surface area contributed by atoms with Gasteiger partial charge >= 0.3 is 12.1 Å². The van der Waals surface area contributed by atoms with Crippen LogP contribution in [-0.4, -0.2) is 61.3 Å². The molecule has 3 N–H and O–H groups in total. The van der Waals surface area contributed by atoms with Crippen molar-refractivity contribution in [2.24, 2.45) is 5.92 Å².